The van der Waals surface area contributed by atoms with Crippen LogP contribution < -0.4 is 14.2 Å². The van der Waals surface area contributed by atoms with Crippen LogP contribution in [0.25, 0.3) is 0 Å². The first kappa shape index (κ1) is 12.5. The van der Waals surface area contributed by atoms with Crippen molar-refractivity contribution in [1.29, 1.82) is 0 Å². The fourth-order valence-electron chi connectivity index (χ4n) is 2.21. The quantitative estimate of drug-likeness (QED) is 0.801. The highest BCUT2D eigenvalue weighted by Crippen LogP contribution is 2.33. The minimum atomic E-state index is 0.0151. The summed E-state index contributed by atoms with van der Waals surface area (Å²) in [6.45, 7) is 0.235. The van der Waals surface area contributed by atoms with Gasteiger partial charge in [0, 0.05) is 6.42 Å². The summed E-state index contributed by atoms with van der Waals surface area (Å²) in [5, 5.41) is 0. The molecule has 0 saturated heterocycles. The summed E-state index contributed by atoms with van der Waals surface area (Å²) in [5.74, 6) is 2.02. The average Bonchev–Trinajstić information content (AvgIpc) is 2.94. The van der Waals surface area contributed by atoms with Gasteiger partial charge >= 0.3 is 0 Å². The van der Waals surface area contributed by atoms with Crippen LogP contribution >= 0.6 is 0 Å². The molecule has 0 atom stereocenters. The molecule has 3 rings (SSSR count). The van der Waals surface area contributed by atoms with E-state index in [0.717, 1.165) is 11.3 Å². The van der Waals surface area contributed by atoms with Crippen molar-refractivity contribution in [2.24, 2.45) is 0 Å². The molecule has 102 valence electrons. The van der Waals surface area contributed by atoms with Gasteiger partial charge in [0.1, 0.15) is 5.75 Å². The molecule has 1 aliphatic rings. The smallest absolute Gasteiger partial charge is 0.231 e. The van der Waals surface area contributed by atoms with Gasteiger partial charge in [-0.05, 0) is 29.8 Å². The minimum Gasteiger partial charge on any atom is -0.496 e. The van der Waals surface area contributed by atoms with E-state index in [1.165, 1.54) is 0 Å². The lowest BCUT2D eigenvalue weighted by molar-refractivity contribution is 0.0990. The Morgan fingerprint density at radius 3 is 2.80 bits per heavy atom. The number of Topliss-reactive ketones (excluding diaryl/α,β-unsaturated/α-hetero) is 1. The van der Waals surface area contributed by atoms with Crippen LogP contribution in [0.5, 0.6) is 17.2 Å². The van der Waals surface area contributed by atoms with Gasteiger partial charge in [0.25, 0.3) is 0 Å². The number of hydrogen-bond donors (Lipinski definition) is 0. The van der Waals surface area contributed by atoms with E-state index >= 15 is 0 Å². The average molecular weight is 270 g/mol. The number of fused-ring (bicyclic) bond motifs is 1. The molecule has 0 fully saturated rings. The number of carbonyl (C=O) groups is 1. The largest absolute Gasteiger partial charge is 0.496 e. The Labute approximate surface area is 116 Å². The predicted octanol–water partition coefficient (Wildman–Crippen LogP) is 2.85. The van der Waals surface area contributed by atoms with Gasteiger partial charge in [0.15, 0.2) is 17.3 Å². The van der Waals surface area contributed by atoms with Crippen molar-refractivity contribution in [1.82, 2.24) is 0 Å². The van der Waals surface area contributed by atoms with Crippen LogP contribution in [-0.2, 0) is 6.42 Å². The van der Waals surface area contributed by atoms with Gasteiger partial charge in [0.2, 0.25) is 6.79 Å². The molecular formula is C16H14O4. The minimum absolute atomic E-state index is 0.0151. The van der Waals surface area contributed by atoms with Crippen LogP contribution in [0.3, 0.4) is 0 Å². The second kappa shape index (κ2) is 5.25. The number of methoxy groups -OCH3 is 1. The molecule has 20 heavy (non-hydrogen) atoms. The molecule has 0 unspecified atom stereocenters. The molecule has 1 heterocycles. The van der Waals surface area contributed by atoms with Gasteiger partial charge in [-0.25, -0.2) is 0 Å². The summed E-state index contributed by atoms with van der Waals surface area (Å²) in [6.07, 6.45) is 0.303. The molecule has 4 heteroatoms. The van der Waals surface area contributed by atoms with Crippen LogP contribution in [0.15, 0.2) is 42.5 Å². The van der Waals surface area contributed by atoms with Crippen LogP contribution in [0.2, 0.25) is 0 Å². The topological polar surface area (TPSA) is 44.8 Å². The number of hydrogen-bond acceptors (Lipinski definition) is 4. The molecule has 2 aromatic rings. The van der Waals surface area contributed by atoms with Gasteiger partial charge in [-0.1, -0.05) is 18.2 Å². The fourth-order valence-corrected chi connectivity index (χ4v) is 2.21. The van der Waals surface area contributed by atoms with Crippen molar-refractivity contribution in [2.45, 2.75) is 6.42 Å². The maximum atomic E-state index is 12.3. The van der Waals surface area contributed by atoms with E-state index in [1.54, 1.807) is 19.2 Å². The van der Waals surface area contributed by atoms with E-state index in [4.69, 9.17) is 14.2 Å². The molecular weight excluding hydrogens is 256 g/mol. The van der Waals surface area contributed by atoms with Crippen LogP contribution in [0, 0.1) is 0 Å². The molecule has 0 spiro atoms. The normalized spacial score (nSPS) is 12.2. The molecule has 1 aliphatic heterocycles. The number of rotatable bonds is 4. The lowest BCUT2D eigenvalue weighted by Crippen LogP contribution is -2.05. The van der Waals surface area contributed by atoms with Crippen LogP contribution in [0.4, 0.5) is 0 Å². The van der Waals surface area contributed by atoms with E-state index in [0.29, 0.717) is 23.5 Å². The highest BCUT2D eigenvalue weighted by atomic mass is 16.7. The first-order valence-corrected chi connectivity index (χ1v) is 6.32. The number of para-hydroxylation sites is 1. The number of ketones is 1. The van der Waals surface area contributed by atoms with Crippen molar-refractivity contribution in [3.8, 4) is 17.2 Å². The summed E-state index contributed by atoms with van der Waals surface area (Å²) < 4.78 is 15.8. The van der Waals surface area contributed by atoms with Crippen molar-refractivity contribution < 1.29 is 19.0 Å². The van der Waals surface area contributed by atoms with Gasteiger partial charge in [-0.2, -0.15) is 0 Å². The van der Waals surface area contributed by atoms with Crippen molar-refractivity contribution in [3.05, 3.63) is 53.6 Å². The Hall–Kier alpha value is -2.49. The summed E-state index contributed by atoms with van der Waals surface area (Å²) in [5.41, 5.74) is 1.48. The van der Waals surface area contributed by atoms with E-state index in [2.05, 4.69) is 0 Å². The second-order valence-corrected chi connectivity index (χ2v) is 4.49. The SMILES string of the molecule is COc1ccccc1C(=O)Cc1ccc2c(c1)OCO2. The zero-order valence-corrected chi connectivity index (χ0v) is 11.1. The van der Waals surface area contributed by atoms with Crippen molar-refractivity contribution in [3.63, 3.8) is 0 Å². The maximum absolute atomic E-state index is 12.3. The Morgan fingerprint density at radius 1 is 1.15 bits per heavy atom. The summed E-state index contributed by atoms with van der Waals surface area (Å²) in [7, 11) is 1.56. The Balaban J connectivity index is 1.82. The first-order chi connectivity index (χ1) is 9.78. The van der Waals surface area contributed by atoms with E-state index in [9.17, 15) is 4.79 Å². The van der Waals surface area contributed by atoms with Crippen molar-refractivity contribution in [2.75, 3.05) is 13.9 Å². The lowest BCUT2D eigenvalue weighted by Gasteiger charge is -2.07. The zero-order chi connectivity index (χ0) is 13.9. The molecule has 0 aliphatic carbocycles. The lowest BCUT2D eigenvalue weighted by atomic mass is 10.0. The summed E-state index contributed by atoms with van der Waals surface area (Å²) >= 11 is 0. The molecule has 0 radical (unpaired) electrons. The van der Waals surface area contributed by atoms with Gasteiger partial charge in [-0.3, -0.25) is 4.79 Å². The summed E-state index contributed by atoms with van der Waals surface area (Å²) in [6, 6.07) is 12.8. The van der Waals surface area contributed by atoms with Gasteiger partial charge in [-0.15, -0.1) is 0 Å². The van der Waals surface area contributed by atoms with E-state index in [1.807, 2.05) is 30.3 Å². The molecule has 4 nitrogen and oxygen atoms in total. The monoisotopic (exact) mass is 270 g/mol. The maximum Gasteiger partial charge on any atom is 0.231 e. The number of carbonyl (C=O) groups excluding carboxylic acids is 1. The highest BCUT2D eigenvalue weighted by molar-refractivity contribution is 6.00. The van der Waals surface area contributed by atoms with E-state index < -0.39 is 0 Å². The molecule has 0 bridgehead atoms. The van der Waals surface area contributed by atoms with Gasteiger partial charge < -0.3 is 14.2 Å². The number of ether oxygens (including phenoxy) is 3. The third-order valence-corrected chi connectivity index (χ3v) is 3.21. The van der Waals surface area contributed by atoms with Crippen LogP contribution in [0.1, 0.15) is 15.9 Å². The summed E-state index contributed by atoms with van der Waals surface area (Å²) in [4.78, 5) is 12.3. The molecule has 0 saturated carbocycles. The molecule has 0 amide bonds. The van der Waals surface area contributed by atoms with E-state index in [-0.39, 0.29) is 12.6 Å². The Kier molecular flexibility index (Phi) is 3.29. The third-order valence-electron chi connectivity index (χ3n) is 3.21. The second-order valence-electron chi connectivity index (χ2n) is 4.49. The Bertz CT molecular complexity index is 649. The number of benzene rings is 2. The third kappa shape index (κ3) is 2.32. The fraction of sp³-hybridized carbons (Fsp3) is 0.188. The molecule has 2 aromatic carbocycles. The predicted molar refractivity (Wildman–Crippen MR) is 73.6 cm³/mol. The highest BCUT2D eigenvalue weighted by Gasteiger charge is 2.16. The van der Waals surface area contributed by atoms with Crippen LogP contribution in [-0.4, -0.2) is 19.7 Å². The zero-order valence-electron chi connectivity index (χ0n) is 11.1. The van der Waals surface area contributed by atoms with Gasteiger partial charge in [0.05, 0.1) is 12.7 Å². The molecule has 0 N–H and O–H groups in total. The van der Waals surface area contributed by atoms with Crippen molar-refractivity contribution >= 4 is 5.78 Å². The Morgan fingerprint density at radius 2 is 1.95 bits per heavy atom. The first-order valence-electron chi connectivity index (χ1n) is 6.32. The molecule has 0 aromatic heterocycles. The standard InChI is InChI=1S/C16H14O4/c1-18-14-5-3-2-4-12(14)13(17)8-11-6-7-15-16(9-11)20-10-19-15/h2-7,9H,8,10H2,1H3.